The summed E-state index contributed by atoms with van der Waals surface area (Å²) in [4.78, 5) is 16.7. The van der Waals surface area contributed by atoms with Crippen LogP contribution in [-0.2, 0) is 4.74 Å². The van der Waals surface area contributed by atoms with Crippen molar-refractivity contribution in [3.8, 4) is 0 Å². The fraction of sp³-hybridized carbons (Fsp3) is 0.929. The molecule has 0 spiro atoms. The number of thioether (sulfide) groups is 1. The summed E-state index contributed by atoms with van der Waals surface area (Å²) in [5.41, 5.74) is 0. The molecule has 0 aromatic heterocycles. The topological polar surface area (TPSA) is 44.8 Å². The molecule has 6 heteroatoms. The summed E-state index contributed by atoms with van der Waals surface area (Å²) < 4.78 is 5.38. The van der Waals surface area contributed by atoms with Gasteiger partial charge in [-0.05, 0) is 26.0 Å². The summed E-state index contributed by atoms with van der Waals surface area (Å²) >= 11 is 1.94. The lowest BCUT2D eigenvalue weighted by atomic mass is 10.1. The Morgan fingerprint density at radius 2 is 1.90 bits per heavy atom. The second-order valence-electron chi connectivity index (χ2n) is 5.58. The van der Waals surface area contributed by atoms with Crippen LogP contribution >= 0.6 is 11.8 Å². The number of ether oxygens (including phenoxy) is 1. The largest absolute Gasteiger partial charge is 0.379 e. The number of rotatable bonds is 3. The Bertz CT molecular complexity index is 303. The third-order valence-electron chi connectivity index (χ3n) is 4.21. The van der Waals surface area contributed by atoms with Crippen molar-refractivity contribution < 1.29 is 9.53 Å². The first kappa shape index (κ1) is 15.9. The predicted molar refractivity (Wildman–Crippen MR) is 83.4 cm³/mol. The van der Waals surface area contributed by atoms with Crippen LogP contribution in [0, 0.1) is 0 Å². The molecule has 2 fully saturated rings. The second kappa shape index (κ2) is 8.10. The van der Waals surface area contributed by atoms with Gasteiger partial charge < -0.3 is 15.0 Å². The van der Waals surface area contributed by atoms with Crippen molar-refractivity contribution in [2.45, 2.75) is 32.4 Å². The highest BCUT2D eigenvalue weighted by atomic mass is 32.2. The molecule has 2 amide bonds. The number of urea groups is 1. The van der Waals surface area contributed by atoms with Crippen LogP contribution in [-0.4, -0.2) is 78.8 Å². The average Bonchev–Trinajstić information content (AvgIpc) is 2.76. The maximum Gasteiger partial charge on any atom is 0.317 e. The molecule has 0 unspecified atom stereocenters. The number of hydrogen-bond donors (Lipinski definition) is 1. The molecule has 0 radical (unpaired) electrons. The van der Waals surface area contributed by atoms with E-state index in [1.54, 1.807) is 0 Å². The maximum absolute atomic E-state index is 12.3. The molecule has 2 heterocycles. The minimum Gasteiger partial charge on any atom is -0.379 e. The van der Waals surface area contributed by atoms with Crippen LogP contribution in [0.5, 0.6) is 0 Å². The van der Waals surface area contributed by atoms with Gasteiger partial charge in [-0.25, -0.2) is 4.79 Å². The van der Waals surface area contributed by atoms with Gasteiger partial charge in [0.1, 0.15) is 0 Å². The molecule has 2 rings (SSSR count). The highest BCUT2D eigenvalue weighted by Gasteiger charge is 2.25. The molecule has 5 nitrogen and oxygen atoms in total. The first-order valence-electron chi connectivity index (χ1n) is 7.63. The van der Waals surface area contributed by atoms with E-state index in [1.165, 1.54) is 5.75 Å². The molecule has 0 saturated carbocycles. The van der Waals surface area contributed by atoms with E-state index in [9.17, 15) is 4.79 Å². The highest BCUT2D eigenvalue weighted by Crippen LogP contribution is 2.11. The van der Waals surface area contributed by atoms with Crippen LogP contribution in [0.25, 0.3) is 0 Å². The van der Waals surface area contributed by atoms with E-state index in [0.717, 1.165) is 51.6 Å². The van der Waals surface area contributed by atoms with Gasteiger partial charge in [0.05, 0.1) is 13.2 Å². The summed E-state index contributed by atoms with van der Waals surface area (Å²) in [7, 11) is 0. The van der Waals surface area contributed by atoms with Crippen molar-refractivity contribution in [1.29, 1.82) is 0 Å². The van der Waals surface area contributed by atoms with Crippen LogP contribution in [0.3, 0.4) is 0 Å². The normalized spacial score (nSPS) is 24.8. The zero-order valence-corrected chi connectivity index (χ0v) is 13.5. The number of morpholine rings is 1. The number of nitrogens with zero attached hydrogens (tertiary/aromatic N) is 2. The molecule has 2 aliphatic heterocycles. The fourth-order valence-corrected chi connectivity index (χ4v) is 3.54. The lowest BCUT2D eigenvalue weighted by Crippen LogP contribution is -2.54. The number of hydrogen-bond acceptors (Lipinski definition) is 4. The molecule has 0 aliphatic carbocycles. The summed E-state index contributed by atoms with van der Waals surface area (Å²) in [5.74, 6) is 2.23. The lowest BCUT2D eigenvalue weighted by molar-refractivity contribution is 0.0141. The predicted octanol–water partition coefficient (Wildman–Crippen LogP) is 1.24. The van der Waals surface area contributed by atoms with E-state index in [4.69, 9.17) is 4.74 Å². The quantitative estimate of drug-likeness (QED) is 0.852. The molecule has 2 aliphatic rings. The molecular weight excluding hydrogens is 274 g/mol. The van der Waals surface area contributed by atoms with Crippen molar-refractivity contribution in [2.75, 3.05) is 50.9 Å². The Hall–Kier alpha value is -0.460. The van der Waals surface area contributed by atoms with Crippen LogP contribution in [0.1, 0.15) is 20.3 Å². The van der Waals surface area contributed by atoms with E-state index in [-0.39, 0.29) is 12.1 Å². The van der Waals surface area contributed by atoms with E-state index < -0.39 is 0 Å². The molecule has 20 heavy (non-hydrogen) atoms. The van der Waals surface area contributed by atoms with Gasteiger partial charge in [0.25, 0.3) is 0 Å². The van der Waals surface area contributed by atoms with Gasteiger partial charge in [0.2, 0.25) is 0 Å². The van der Waals surface area contributed by atoms with Crippen LogP contribution < -0.4 is 5.32 Å². The third-order valence-corrected chi connectivity index (χ3v) is 5.25. The maximum atomic E-state index is 12.3. The van der Waals surface area contributed by atoms with Crippen LogP contribution in [0.4, 0.5) is 4.79 Å². The molecule has 0 aromatic rings. The van der Waals surface area contributed by atoms with Crippen molar-refractivity contribution in [3.05, 3.63) is 0 Å². The SMILES string of the molecule is C[C@H](NC(=O)N1CCCSCC1)[C@@H](C)N1CCOCC1. The Balaban J connectivity index is 1.79. The van der Waals surface area contributed by atoms with E-state index >= 15 is 0 Å². The summed E-state index contributed by atoms with van der Waals surface area (Å²) in [6.45, 7) is 9.57. The molecule has 116 valence electrons. The average molecular weight is 301 g/mol. The fourth-order valence-electron chi connectivity index (χ4n) is 2.66. The van der Waals surface area contributed by atoms with Gasteiger partial charge in [-0.2, -0.15) is 11.8 Å². The molecule has 2 saturated heterocycles. The summed E-state index contributed by atoms with van der Waals surface area (Å²) in [6, 6.07) is 0.612. The number of carbonyl (C=O) groups excluding carboxylic acids is 1. The van der Waals surface area contributed by atoms with Gasteiger partial charge in [0.15, 0.2) is 0 Å². The van der Waals surface area contributed by atoms with Crippen molar-refractivity contribution in [1.82, 2.24) is 15.1 Å². The van der Waals surface area contributed by atoms with E-state index in [1.807, 2.05) is 16.7 Å². The minimum absolute atomic E-state index is 0.0973. The smallest absolute Gasteiger partial charge is 0.317 e. The first-order valence-corrected chi connectivity index (χ1v) is 8.79. The van der Waals surface area contributed by atoms with Gasteiger partial charge >= 0.3 is 6.03 Å². The Labute approximate surface area is 126 Å². The molecule has 0 bridgehead atoms. The highest BCUT2D eigenvalue weighted by molar-refractivity contribution is 7.99. The lowest BCUT2D eigenvalue weighted by Gasteiger charge is -2.36. The van der Waals surface area contributed by atoms with Gasteiger partial charge in [-0.15, -0.1) is 0 Å². The Kier molecular flexibility index (Phi) is 6.45. The van der Waals surface area contributed by atoms with Gasteiger partial charge in [0, 0.05) is 44.0 Å². The van der Waals surface area contributed by atoms with Crippen molar-refractivity contribution in [2.24, 2.45) is 0 Å². The molecule has 1 N–H and O–H groups in total. The molecular formula is C14H27N3O2S. The minimum atomic E-state index is 0.0973. The number of amides is 2. The first-order chi connectivity index (χ1) is 9.68. The van der Waals surface area contributed by atoms with E-state index in [2.05, 4.69) is 24.1 Å². The van der Waals surface area contributed by atoms with E-state index in [0.29, 0.717) is 6.04 Å². The zero-order valence-electron chi connectivity index (χ0n) is 12.6. The summed E-state index contributed by atoms with van der Waals surface area (Å²) in [6.07, 6.45) is 1.10. The standard InChI is InChI=1S/C14H27N3O2S/c1-12(13(2)16-5-8-19-9-6-16)15-14(18)17-4-3-10-20-11-7-17/h12-13H,3-11H2,1-2H3,(H,15,18)/t12-,13+/m0/s1. The Morgan fingerprint density at radius 3 is 2.65 bits per heavy atom. The van der Waals surface area contributed by atoms with Crippen molar-refractivity contribution in [3.63, 3.8) is 0 Å². The zero-order chi connectivity index (χ0) is 14.4. The third kappa shape index (κ3) is 4.53. The van der Waals surface area contributed by atoms with Crippen LogP contribution in [0.2, 0.25) is 0 Å². The van der Waals surface area contributed by atoms with Crippen LogP contribution in [0.15, 0.2) is 0 Å². The van der Waals surface area contributed by atoms with Gasteiger partial charge in [-0.3, -0.25) is 4.90 Å². The molecule has 2 atom stereocenters. The monoisotopic (exact) mass is 301 g/mol. The number of carbonyl (C=O) groups is 1. The van der Waals surface area contributed by atoms with Crippen molar-refractivity contribution >= 4 is 17.8 Å². The second-order valence-corrected chi connectivity index (χ2v) is 6.80. The summed E-state index contributed by atoms with van der Waals surface area (Å²) in [5, 5.41) is 3.17. The van der Waals surface area contributed by atoms with Gasteiger partial charge in [-0.1, -0.05) is 0 Å². The molecule has 0 aromatic carbocycles. The number of nitrogens with one attached hydrogen (secondary N) is 1. The Morgan fingerprint density at radius 1 is 1.15 bits per heavy atom.